The molecule has 5 aliphatic rings. The van der Waals surface area contributed by atoms with Crippen LogP contribution in [0.2, 0.25) is 0 Å². The first kappa shape index (κ1) is 17.7. The second-order valence-corrected chi connectivity index (χ2v) is 9.77. The number of ether oxygens (including phenoxy) is 1. The van der Waals surface area contributed by atoms with Crippen molar-refractivity contribution in [2.24, 2.45) is 17.8 Å². The van der Waals surface area contributed by atoms with Gasteiger partial charge in [0.05, 0.1) is 6.61 Å². The number of rotatable bonds is 4. The first-order chi connectivity index (χ1) is 13.1. The van der Waals surface area contributed by atoms with Crippen LogP contribution in [0.3, 0.4) is 0 Å². The molecule has 1 N–H and O–H groups in total. The van der Waals surface area contributed by atoms with Gasteiger partial charge in [0, 0.05) is 24.7 Å². The Morgan fingerprint density at radius 1 is 1.11 bits per heavy atom. The summed E-state index contributed by atoms with van der Waals surface area (Å²) in [6.07, 6.45) is 7.45. The molecule has 1 heterocycles. The van der Waals surface area contributed by atoms with Gasteiger partial charge in [0.2, 0.25) is 0 Å². The standard InChI is InChI=1S/C23H32N2O2/c1-16-15-27-21(14-25(16)13-17-5-3-2-4-6-17)22(26)24-23-10-18-7-19(11-23)9-20(8-18)12-23/h2-6,16,18-21H,7-15H2,1H3,(H,24,26). The number of amides is 1. The molecule has 6 rings (SSSR count). The summed E-state index contributed by atoms with van der Waals surface area (Å²) < 4.78 is 5.98. The molecule has 146 valence electrons. The van der Waals surface area contributed by atoms with Crippen LogP contribution in [-0.4, -0.2) is 41.6 Å². The van der Waals surface area contributed by atoms with Crippen LogP contribution in [0.1, 0.15) is 51.0 Å². The maximum atomic E-state index is 13.1. The molecule has 1 aromatic rings. The Bertz CT molecular complexity index is 654. The second-order valence-electron chi connectivity index (χ2n) is 9.77. The molecule has 4 nitrogen and oxygen atoms in total. The third-order valence-corrected chi connectivity index (χ3v) is 7.51. The SMILES string of the molecule is CC1COC(C(=O)NC23CC4CC(CC(C4)C2)C3)CN1Cc1ccccc1. The number of nitrogens with zero attached hydrogens (tertiary/aromatic N) is 1. The van der Waals surface area contributed by atoms with Gasteiger partial charge in [-0.1, -0.05) is 30.3 Å². The van der Waals surface area contributed by atoms with E-state index in [9.17, 15) is 4.79 Å². The Balaban J connectivity index is 1.24. The highest BCUT2D eigenvalue weighted by Gasteiger charge is 2.52. The van der Waals surface area contributed by atoms with Crippen molar-refractivity contribution in [3.05, 3.63) is 35.9 Å². The van der Waals surface area contributed by atoms with Crippen molar-refractivity contribution >= 4 is 5.91 Å². The lowest BCUT2D eigenvalue weighted by molar-refractivity contribution is -0.147. The van der Waals surface area contributed by atoms with Gasteiger partial charge in [-0.15, -0.1) is 0 Å². The van der Waals surface area contributed by atoms with Crippen LogP contribution in [-0.2, 0) is 16.1 Å². The van der Waals surface area contributed by atoms with Gasteiger partial charge in [0.1, 0.15) is 6.10 Å². The third-order valence-electron chi connectivity index (χ3n) is 7.51. The van der Waals surface area contributed by atoms with Gasteiger partial charge in [-0.25, -0.2) is 0 Å². The van der Waals surface area contributed by atoms with E-state index >= 15 is 0 Å². The zero-order valence-corrected chi connectivity index (χ0v) is 16.4. The molecule has 4 heteroatoms. The predicted octanol–water partition coefficient (Wildman–Crippen LogP) is 3.36. The monoisotopic (exact) mass is 368 g/mol. The van der Waals surface area contributed by atoms with Crippen LogP contribution >= 0.6 is 0 Å². The number of carbonyl (C=O) groups excluding carboxylic acids is 1. The molecule has 2 atom stereocenters. The molecule has 1 aromatic carbocycles. The van der Waals surface area contributed by atoms with Crippen LogP contribution < -0.4 is 5.32 Å². The normalized spacial score (nSPS) is 40.9. The molecule has 4 saturated carbocycles. The number of benzene rings is 1. The van der Waals surface area contributed by atoms with Crippen LogP contribution in [0.4, 0.5) is 0 Å². The molecule has 1 amide bonds. The smallest absolute Gasteiger partial charge is 0.250 e. The zero-order valence-electron chi connectivity index (χ0n) is 16.4. The minimum atomic E-state index is -0.335. The Labute approximate surface area is 162 Å². The predicted molar refractivity (Wildman–Crippen MR) is 105 cm³/mol. The largest absolute Gasteiger partial charge is 0.365 e. The quantitative estimate of drug-likeness (QED) is 0.886. The maximum absolute atomic E-state index is 13.1. The summed E-state index contributed by atoms with van der Waals surface area (Å²) in [4.78, 5) is 15.5. The first-order valence-electron chi connectivity index (χ1n) is 10.8. The summed E-state index contributed by atoms with van der Waals surface area (Å²) in [6.45, 7) is 4.39. The highest BCUT2D eigenvalue weighted by molar-refractivity contribution is 5.82. The van der Waals surface area contributed by atoms with Crippen molar-refractivity contribution in [2.45, 2.75) is 69.7 Å². The van der Waals surface area contributed by atoms with E-state index in [4.69, 9.17) is 4.74 Å². The Kier molecular flexibility index (Phi) is 4.52. The van der Waals surface area contributed by atoms with Gasteiger partial charge in [-0.05, 0) is 68.8 Å². The summed E-state index contributed by atoms with van der Waals surface area (Å²) in [5, 5.41) is 3.50. The molecule has 0 spiro atoms. The Morgan fingerprint density at radius 3 is 2.37 bits per heavy atom. The van der Waals surface area contributed by atoms with Crippen molar-refractivity contribution in [3.8, 4) is 0 Å². The molecule has 4 bridgehead atoms. The van der Waals surface area contributed by atoms with Gasteiger partial charge >= 0.3 is 0 Å². The summed E-state index contributed by atoms with van der Waals surface area (Å²) in [5.41, 5.74) is 1.37. The molecule has 27 heavy (non-hydrogen) atoms. The molecule has 0 aromatic heterocycles. The average Bonchev–Trinajstić information content (AvgIpc) is 2.63. The van der Waals surface area contributed by atoms with Crippen molar-refractivity contribution in [1.82, 2.24) is 10.2 Å². The van der Waals surface area contributed by atoms with Crippen LogP contribution in [0, 0.1) is 17.8 Å². The Morgan fingerprint density at radius 2 is 1.74 bits per heavy atom. The van der Waals surface area contributed by atoms with Crippen LogP contribution in [0.5, 0.6) is 0 Å². The minimum Gasteiger partial charge on any atom is -0.365 e. The fourth-order valence-electron chi connectivity index (χ4n) is 6.61. The van der Waals surface area contributed by atoms with E-state index in [1.54, 1.807) is 0 Å². The molecule has 1 aliphatic heterocycles. The number of nitrogens with one attached hydrogen (secondary N) is 1. The van der Waals surface area contributed by atoms with E-state index in [1.165, 1.54) is 44.1 Å². The van der Waals surface area contributed by atoms with Crippen LogP contribution in [0.15, 0.2) is 30.3 Å². The third kappa shape index (κ3) is 3.54. The minimum absolute atomic E-state index is 0.0719. The molecule has 1 saturated heterocycles. The molecular formula is C23H32N2O2. The van der Waals surface area contributed by atoms with Gasteiger partial charge in [-0.3, -0.25) is 9.69 Å². The number of hydrogen-bond acceptors (Lipinski definition) is 3. The number of morpholine rings is 1. The molecule has 0 radical (unpaired) electrons. The number of carbonyl (C=O) groups is 1. The summed E-state index contributed by atoms with van der Waals surface area (Å²) in [5.74, 6) is 2.66. The highest BCUT2D eigenvalue weighted by Crippen LogP contribution is 2.55. The summed E-state index contributed by atoms with van der Waals surface area (Å²) in [6, 6.07) is 10.9. The fraction of sp³-hybridized carbons (Fsp3) is 0.696. The second kappa shape index (κ2) is 6.89. The fourth-order valence-corrected chi connectivity index (χ4v) is 6.61. The van der Waals surface area contributed by atoms with Crippen molar-refractivity contribution in [3.63, 3.8) is 0 Å². The highest BCUT2D eigenvalue weighted by atomic mass is 16.5. The maximum Gasteiger partial charge on any atom is 0.250 e. The molecular weight excluding hydrogens is 336 g/mol. The first-order valence-corrected chi connectivity index (χ1v) is 10.8. The van der Waals surface area contributed by atoms with E-state index < -0.39 is 0 Å². The van der Waals surface area contributed by atoms with Gasteiger partial charge in [-0.2, -0.15) is 0 Å². The van der Waals surface area contributed by atoms with Gasteiger partial charge in [0.25, 0.3) is 5.91 Å². The average molecular weight is 369 g/mol. The number of hydrogen-bond donors (Lipinski definition) is 1. The molecule has 4 aliphatic carbocycles. The van der Waals surface area contributed by atoms with E-state index in [2.05, 4.69) is 41.4 Å². The topological polar surface area (TPSA) is 41.6 Å². The lowest BCUT2D eigenvalue weighted by Crippen LogP contribution is -2.63. The lowest BCUT2D eigenvalue weighted by atomic mass is 9.53. The molecule has 2 unspecified atom stereocenters. The van der Waals surface area contributed by atoms with Gasteiger partial charge < -0.3 is 10.1 Å². The van der Waals surface area contributed by atoms with Crippen molar-refractivity contribution in [1.29, 1.82) is 0 Å². The van der Waals surface area contributed by atoms with E-state index in [0.29, 0.717) is 19.2 Å². The van der Waals surface area contributed by atoms with Gasteiger partial charge in [0.15, 0.2) is 0 Å². The zero-order chi connectivity index (χ0) is 18.4. The van der Waals surface area contributed by atoms with E-state index in [1.807, 2.05) is 6.07 Å². The Hall–Kier alpha value is -1.39. The van der Waals surface area contributed by atoms with Crippen molar-refractivity contribution in [2.75, 3.05) is 13.2 Å². The summed E-state index contributed by atoms with van der Waals surface area (Å²) in [7, 11) is 0. The summed E-state index contributed by atoms with van der Waals surface area (Å²) >= 11 is 0. The van der Waals surface area contributed by atoms with E-state index in [0.717, 1.165) is 24.3 Å². The molecule has 5 fully saturated rings. The van der Waals surface area contributed by atoms with E-state index in [-0.39, 0.29) is 17.6 Å². The van der Waals surface area contributed by atoms with Crippen molar-refractivity contribution < 1.29 is 9.53 Å². The van der Waals surface area contributed by atoms with Crippen LogP contribution in [0.25, 0.3) is 0 Å². The lowest BCUT2D eigenvalue weighted by Gasteiger charge is -2.57.